The molecule has 0 aliphatic rings. The number of nitrogens with zero attached hydrogens (tertiary/aromatic N) is 1. The quantitative estimate of drug-likeness (QED) is 0.236. The number of hydrogen-bond acceptors (Lipinski definition) is 2. The maximum absolute atomic E-state index is 5.38. The van der Waals surface area contributed by atoms with Gasteiger partial charge in [-0.05, 0) is 16.7 Å². The first kappa shape index (κ1) is 22.2. The number of aromatic nitrogens is 1. The summed E-state index contributed by atoms with van der Waals surface area (Å²) in [6, 6.07) is 42.7. The fourth-order valence-corrected chi connectivity index (χ4v) is 5.26. The average molecular weight is 458 g/mol. The van der Waals surface area contributed by atoms with E-state index in [1.54, 1.807) is 0 Å². The van der Waals surface area contributed by atoms with Crippen molar-refractivity contribution < 1.29 is 0 Å². The van der Waals surface area contributed by atoms with E-state index in [9.17, 15) is 0 Å². The van der Waals surface area contributed by atoms with Crippen LogP contribution in [0.15, 0.2) is 126 Å². The van der Waals surface area contributed by atoms with Crippen LogP contribution < -0.4 is 0 Å². The van der Waals surface area contributed by atoms with Gasteiger partial charge in [-0.1, -0.05) is 135 Å². The van der Waals surface area contributed by atoms with Crippen LogP contribution >= 0.6 is 11.8 Å². The van der Waals surface area contributed by atoms with E-state index in [-0.39, 0.29) is 0 Å². The van der Waals surface area contributed by atoms with Crippen molar-refractivity contribution in [3.05, 3.63) is 121 Å². The Hall–Kier alpha value is -3.62. The molecule has 2 heteroatoms. The molecule has 0 bridgehead atoms. The molecular formula is C32H27NS. The summed E-state index contributed by atoms with van der Waals surface area (Å²) in [4.78, 5) is 5.38. The van der Waals surface area contributed by atoms with Crippen molar-refractivity contribution in [2.24, 2.45) is 0 Å². The van der Waals surface area contributed by atoms with Crippen molar-refractivity contribution in [2.75, 3.05) is 0 Å². The van der Waals surface area contributed by atoms with E-state index in [4.69, 9.17) is 4.98 Å². The molecule has 5 rings (SSSR count). The van der Waals surface area contributed by atoms with Gasteiger partial charge >= 0.3 is 0 Å². The van der Waals surface area contributed by atoms with Gasteiger partial charge in [0.2, 0.25) is 0 Å². The summed E-state index contributed by atoms with van der Waals surface area (Å²) in [7, 11) is 0. The van der Waals surface area contributed by atoms with Crippen molar-refractivity contribution in [3.8, 4) is 44.6 Å². The van der Waals surface area contributed by atoms with Gasteiger partial charge in [0.05, 0.1) is 5.69 Å². The molecule has 0 saturated carbocycles. The SMILES string of the molecule is CC(C)Sc1nc(-c2ccccc2)c(-c2ccccc2)c(-c2ccccc2)c1-c1ccccc1. The predicted molar refractivity (Wildman–Crippen MR) is 147 cm³/mol. The molecule has 5 aromatic rings. The van der Waals surface area contributed by atoms with Gasteiger partial charge in [-0.2, -0.15) is 0 Å². The van der Waals surface area contributed by atoms with Crippen LogP contribution in [0.5, 0.6) is 0 Å². The minimum absolute atomic E-state index is 0.407. The molecular weight excluding hydrogens is 430 g/mol. The monoisotopic (exact) mass is 457 g/mol. The summed E-state index contributed by atoms with van der Waals surface area (Å²) >= 11 is 1.83. The molecule has 0 radical (unpaired) electrons. The van der Waals surface area contributed by atoms with E-state index in [1.165, 1.54) is 33.4 Å². The average Bonchev–Trinajstić information content (AvgIpc) is 2.89. The number of pyridine rings is 1. The molecule has 1 aromatic heterocycles. The van der Waals surface area contributed by atoms with Crippen molar-refractivity contribution in [2.45, 2.75) is 24.1 Å². The van der Waals surface area contributed by atoms with Crippen LogP contribution in [-0.4, -0.2) is 10.2 Å². The maximum Gasteiger partial charge on any atom is 0.105 e. The smallest absolute Gasteiger partial charge is 0.105 e. The lowest BCUT2D eigenvalue weighted by Gasteiger charge is -2.23. The van der Waals surface area contributed by atoms with Crippen LogP contribution in [0, 0.1) is 0 Å². The topological polar surface area (TPSA) is 12.9 Å². The standard InChI is InChI=1S/C32H27NS/c1-23(2)34-32-30(26-19-11-5-12-20-26)28(24-15-7-3-8-16-24)29(25-17-9-4-10-18-25)31(33-32)27-21-13-6-14-22-27/h3-23H,1-2H3. The Morgan fingerprint density at radius 3 is 1.29 bits per heavy atom. The van der Waals surface area contributed by atoms with Crippen molar-refractivity contribution in [1.82, 2.24) is 4.98 Å². The molecule has 166 valence electrons. The van der Waals surface area contributed by atoms with Crippen LogP contribution in [0.4, 0.5) is 0 Å². The number of benzene rings is 4. The highest BCUT2D eigenvalue weighted by Crippen LogP contribution is 2.48. The third kappa shape index (κ3) is 4.55. The van der Waals surface area contributed by atoms with Gasteiger partial charge in [0.1, 0.15) is 5.03 Å². The number of hydrogen-bond donors (Lipinski definition) is 0. The third-order valence-corrected chi connectivity index (χ3v) is 6.74. The van der Waals surface area contributed by atoms with Gasteiger partial charge in [0.15, 0.2) is 0 Å². The molecule has 1 heterocycles. The molecule has 0 aliphatic carbocycles. The molecule has 4 aromatic carbocycles. The minimum atomic E-state index is 0.407. The van der Waals surface area contributed by atoms with E-state index in [2.05, 4.69) is 135 Å². The van der Waals surface area contributed by atoms with Crippen LogP contribution in [0.25, 0.3) is 44.6 Å². The zero-order valence-corrected chi connectivity index (χ0v) is 20.3. The number of rotatable bonds is 6. The molecule has 0 amide bonds. The van der Waals surface area contributed by atoms with Gasteiger partial charge in [0.25, 0.3) is 0 Å². The van der Waals surface area contributed by atoms with Crippen LogP contribution in [0.2, 0.25) is 0 Å². The zero-order chi connectivity index (χ0) is 23.3. The molecule has 0 unspecified atom stereocenters. The van der Waals surface area contributed by atoms with E-state index < -0.39 is 0 Å². The van der Waals surface area contributed by atoms with Crippen molar-refractivity contribution in [3.63, 3.8) is 0 Å². The highest BCUT2D eigenvalue weighted by molar-refractivity contribution is 7.99. The first-order chi connectivity index (χ1) is 16.7. The van der Waals surface area contributed by atoms with Crippen LogP contribution in [0.3, 0.4) is 0 Å². The fourth-order valence-electron chi connectivity index (χ4n) is 4.33. The molecule has 0 atom stereocenters. The Morgan fingerprint density at radius 2 is 0.853 bits per heavy atom. The molecule has 0 saturated heterocycles. The Morgan fingerprint density at radius 1 is 0.471 bits per heavy atom. The summed E-state index contributed by atoms with van der Waals surface area (Å²) in [5.74, 6) is 0. The minimum Gasteiger partial charge on any atom is -0.240 e. The largest absolute Gasteiger partial charge is 0.240 e. The second-order valence-corrected chi connectivity index (χ2v) is 10.1. The Balaban J connectivity index is 1.97. The molecule has 34 heavy (non-hydrogen) atoms. The Bertz CT molecular complexity index is 1360. The molecule has 1 nitrogen and oxygen atoms in total. The molecule has 0 fully saturated rings. The fraction of sp³-hybridized carbons (Fsp3) is 0.0938. The van der Waals surface area contributed by atoms with Crippen molar-refractivity contribution >= 4 is 11.8 Å². The summed E-state index contributed by atoms with van der Waals surface area (Å²) in [5, 5.41) is 1.48. The summed E-state index contributed by atoms with van der Waals surface area (Å²) < 4.78 is 0. The second kappa shape index (κ2) is 10.1. The highest BCUT2D eigenvalue weighted by Gasteiger charge is 2.24. The Kier molecular flexibility index (Phi) is 6.60. The molecule has 0 N–H and O–H groups in total. The summed E-state index contributed by atoms with van der Waals surface area (Å²) in [6.07, 6.45) is 0. The van der Waals surface area contributed by atoms with Crippen LogP contribution in [-0.2, 0) is 0 Å². The van der Waals surface area contributed by atoms with Gasteiger partial charge in [-0.3, -0.25) is 0 Å². The third-order valence-electron chi connectivity index (χ3n) is 5.75. The lowest BCUT2D eigenvalue weighted by atomic mass is 9.86. The summed E-state index contributed by atoms with van der Waals surface area (Å²) in [5.41, 5.74) is 9.31. The lowest BCUT2D eigenvalue weighted by molar-refractivity contribution is 1.08. The zero-order valence-electron chi connectivity index (χ0n) is 19.5. The first-order valence-corrected chi connectivity index (χ1v) is 12.6. The predicted octanol–water partition coefficient (Wildman–Crippen LogP) is 9.25. The molecule has 0 aliphatic heterocycles. The van der Waals surface area contributed by atoms with Gasteiger partial charge in [0, 0.05) is 27.5 Å². The van der Waals surface area contributed by atoms with Gasteiger partial charge in [-0.15, -0.1) is 11.8 Å². The van der Waals surface area contributed by atoms with E-state index in [0.717, 1.165) is 16.3 Å². The Labute approximate surface area is 206 Å². The normalized spacial score (nSPS) is 11.0. The van der Waals surface area contributed by atoms with E-state index in [0.29, 0.717) is 5.25 Å². The van der Waals surface area contributed by atoms with Gasteiger partial charge in [-0.25, -0.2) is 4.98 Å². The van der Waals surface area contributed by atoms with Crippen LogP contribution in [0.1, 0.15) is 13.8 Å². The first-order valence-electron chi connectivity index (χ1n) is 11.7. The molecule has 0 spiro atoms. The van der Waals surface area contributed by atoms with Gasteiger partial charge < -0.3 is 0 Å². The second-order valence-electron chi connectivity index (χ2n) is 8.52. The highest BCUT2D eigenvalue weighted by atomic mass is 32.2. The van der Waals surface area contributed by atoms with E-state index in [1.807, 2.05) is 11.8 Å². The van der Waals surface area contributed by atoms with Crippen molar-refractivity contribution in [1.29, 1.82) is 0 Å². The maximum atomic E-state index is 5.38. The van der Waals surface area contributed by atoms with E-state index >= 15 is 0 Å². The number of thioether (sulfide) groups is 1. The lowest BCUT2D eigenvalue weighted by Crippen LogP contribution is -2.02. The summed E-state index contributed by atoms with van der Waals surface area (Å²) in [6.45, 7) is 4.47.